The van der Waals surface area contributed by atoms with Gasteiger partial charge in [-0.25, -0.2) is 0 Å². The summed E-state index contributed by atoms with van der Waals surface area (Å²) < 4.78 is 5.27. The molecule has 0 aliphatic heterocycles. The van der Waals surface area contributed by atoms with Crippen molar-refractivity contribution in [2.24, 2.45) is 4.99 Å². The fraction of sp³-hybridized carbons (Fsp3) is 0.526. The maximum atomic E-state index is 12.3. The lowest BCUT2D eigenvalue weighted by atomic mass is 9.89. The summed E-state index contributed by atoms with van der Waals surface area (Å²) in [6.45, 7) is 0.0184. The summed E-state index contributed by atoms with van der Waals surface area (Å²) in [5, 5.41) is 23.0. The van der Waals surface area contributed by atoms with Crippen molar-refractivity contribution in [2.45, 2.75) is 57.8 Å². The van der Waals surface area contributed by atoms with Gasteiger partial charge in [-0.3, -0.25) is 19.4 Å². The van der Waals surface area contributed by atoms with Crippen LogP contribution in [-0.4, -0.2) is 45.2 Å². The zero-order chi connectivity index (χ0) is 19.4. The molecule has 0 bridgehead atoms. The first-order valence-corrected chi connectivity index (χ1v) is 9.18. The molecule has 0 amide bonds. The van der Waals surface area contributed by atoms with Gasteiger partial charge < -0.3 is 14.7 Å². The van der Waals surface area contributed by atoms with Gasteiger partial charge in [-0.2, -0.15) is 0 Å². The third-order valence-electron chi connectivity index (χ3n) is 4.82. The van der Waals surface area contributed by atoms with Gasteiger partial charge in [0.15, 0.2) is 11.6 Å². The number of Topliss-reactive ketones (excluding diaryl/α,β-unsaturated/α-hetero) is 2. The molecule has 2 aliphatic carbocycles. The number of aliphatic hydroxyl groups is 1. The minimum absolute atomic E-state index is 0.00131. The number of aromatic nitrogens is 1. The first-order valence-electron chi connectivity index (χ1n) is 9.18. The van der Waals surface area contributed by atoms with E-state index in [0.29, 0.717) is 61.3 Å². The van der Waals surface area contributed by atoms with Crippen LogP contribution in [0.15, 0.2) is 20.8 Å². The van der Waals surface area contributed by atoms with E-state index in [9.17, 15) is 19.5 Å². The third kappa shape index (κ3) is 4.32. The van der Waals surface area contributed by atoms with Gasteiger partial charge in [-0.05, 0) is 25.7 Å². The Hall–Kier alpha value is -2.77. The molecule has 8 nitrogen and oxygen atoms in total. The molecule has 0 spiro atoms. The van der Waals surface area contributed by atoms with E-state index in [1.54, 1.807) is 0 Å². The van der Waals surface area contributed by atoms with Crippen molar-refractivity contribution in [3.63, 3.8) is 0 Å². The van der Waals surface area contributed by atoms with Crippen molar-refractivity contribution in [2.75, 3.05) is 6.54 Å². The maximum Gasteiger partial charge on any atom is 0.305 e. The van der Waals surface area contributed by atoms with Crippen LogP contribution in [-0.2, 0) is 22.4 Å². The number of carboxylic acids is 1. The molecule has 0 radical (unpaired) electrons. The monoisotopic (exact) mass is 374 g/mol. The number of allylic oxidation sites excluding steroid dienone is 2. The number of fused-ring (bicyclic) bond motifs is 1. The number of ketones is 2. The van der Waals surface area contributed by atoms with Crippen molar-refractivity contribution < 1.29 is 29.1 Å². The van der Waals surface area contributed by atoms with Gasteiger partial charge >= 0.3 is 5.97 Å². The van der Waals surface area contributed by atoms with Gasteiger partial charge in [0.25, 0.3) is 0 Å². The van der Waals surface area contributed by atoms with E-state index in [0.717, 1.165) is 6.42 Å². The number of aliphatic hydroxyl groups excluding tert-OH is 1. The van der Waals surface area contributed by atoms with Gasteiger partial charge in [0.2, 0.25) is 0 Å². The van der Waals surface area contributed by atoms with Crippen LogP contribution in [0.25, 0.3) is 0 Å². The minimum atomic E-state index is -0.984. The first-order chi connectivity index (χ1) is 13.0. The molecule has 2 N–H and O–H groups in total. The Bertz CT molecular complexity index is 833. The predicted molar refractivity (Wildman–Crippen MR) is 95.2 cm³/mol. The number of aliphatic imine (C=N–C) groups is 1. The molecule has 0 unspecified atom stereocenters. The Morgan fingerprint density at radius 3 is 2.56 bits per heavy atom. The van der Waals surface area contributed by atoms with Gasteiger partial charge in [0.05, 0.1) is 23.3 Å². The average Bonchev–Trinajstić information content (AvgIpc) is 3.03. The molecular formula is C19H22N2O6. The van der Waals surface area contributed by atoms with Gasteiger partial charge in [0.1, 0.15) is 11.5 Å². The molecule has 3 rings (SSSR count). The highest BCUT2D eigenvalue weighted by Crippen LogP contribution is 2.27. The standard InChI is InChI=1S/C19H22N2O6/c22-13-3-1-4-14(23)18(13)11(20-10-9-17(25)26)7-8-12-19-15(24)5-2-6-16(19)27-21-12/h22H,1-10H2,(H,25,26). The summed E-state index contributed by atoms with van der Waals surface area (Å²) in [5.74, 6) is -0.568. The third-order valence-corrected chi connectivity index (χ3v) is 4.82. The fourth-order valence-corrected chi connectivity index (χ4v) is 3.52. The van der Waals surface area contributed by atoms with E-state index >= 15 is 0 Å². The van der Waals surface area contributed by atoms with Gasteiger partial charge in [0, 0.05) is 37.9 Å². The summed E-state index contributed by atoms with van der Waals surface area (Å²) in [5.41, 5.74) is 1.62. The number of carboxylic acid groups (broad SMARTS) is 1. The van der Waals surface area contributed by atoms with Crippen LogP contribution in [0.4, 0.5) is 0 Å². The molecule has 27 heavy (non-hydrogen) atoms. The Labute approximate surface area is 156 Å². The number of carbonyl (C=O) groups excluding carboxylic acids is 2. The van der Waals surface area contributed by atoms with E-state index in [4.69, 9.17) is 9.63 Å². The van der Waals surface area contributed by atoms with E-state index in [1.807, 2.05) is 0 Å². The Morgan fingerprint density at radius 2 is 1.81 bits per heavy atom. The topological polar surface area (TPSA) is 130 Å². The van der Waals surface area contributed by atoms with Gasteiger partial charge in [-0.1, -0.05) is 5.16 Å². The van der Waals surface area contributed by atoms with E-state index in [1.165, 1.54) is 0 Å². The van der Waals surface area contributed by atoms with Crippen LogP contribution in [0, 0.1) is 0 Å². The number of nitrogens with zero attached hydrogens (tertiary/aromatic N) is 2. The van der Waals surface area contributed by atoms with Crippen LogP contribution < -0.4 is 0 Å². The molecule has 1 aromatic rings. The second kappa shape index (κ2) is 8.28. The SMILES string of the molecule is O=C(O)CCN=C(CCc1noc2c1C(=O)CCC2)C1=C(O)CCCC1=O. The summed E-state index contributed by atoms with van der Waals surface area (Å²) in [4.78, 5) is 39.5. The summed E-state index contributed by atoms with van der Waals surface area (Å²) in [6, 6.07) is 0. The van der Waals surface area contributed by atoms with Crippen LogP contribution in [0.5, 0.6) is 0 Å². The van der Waals surface area contributed by atoms with Crippen LogP contribution in [0.2, 0.25) is 0 Å². The second-order valence-electron chi connectivity index (χ2n) is 6.77. The lowest BCUT2D eigenvalue weighted by molar-refractivity contribution is -0.136. The first kappa shape index (κ1) is 19.0. The van der Waals surface area contributed by atoms with E-state index in [-0.39, 0.29) is 42.3 Å². The van der Waals surface area contributed by atoms with Crippen molar-refractivity contribution in [1.82, 2.24) is 5.16 Å². The lowest BCUT2D eigenvalue weighted by Gasteiger charge is -2.17. The molecule has 1 heterocycles. The number of rotatable bonds is 7. The van der Waals surface area contributed by atoms with Crippen molar-refractivity contribution in [3.05, 3.63) is 28.3 Å². The zero-order valence-corrected chi connectivity index (χ0v) is 15.0. The lowest BCUT2D eigenvalue weighted by Crippen LogP contribution is -2.21. The molecule has 2 aliphatic rings. The summed E-state index contributed by atoms with van der Waals surface area (Å²) in [7, 11) is 0. The number of aliphatic carboxylic acids is 1. The minimum Gasteiger partial charge on any atom is -0.511 e. The number of hydrogen-bond acceptors (Lipinski definition) is 7. The van der Waals surface area contributed by atoms with Crippen LogP contribution >= 0.6 is 0 Å². The maximum absolute atomic E-state index is 12.3. The Balaban J connectivity index is 1.82. The quantitative estimate of drug-likeness (QED) is 0.701. The van der Waals surface area contributed by atoms with Crippen molar-refractivity contribution >= 4 is 23.2 Å². The largest absolute Gasteiger partial charge is 0.511 e. The van der Waals surface area contributed by atoms with Crippen LogP contribution in [0.3, 0.4) is 0 Å². The summed E-state index contributed by atoms with van der Waals surface area (Å²) in [6.07, 6.45) is 3.65. The van der Waals surface area contributed by atoms with Gasteiger partial charge in [-0.15, -0.1) is 0 Å². The predicted octanol–water partition coefficient (Wildman–Crippen LogP) is 2.61. The highest BCUT2D eigenvalue weighted by Gasteiger charge is 2.28. The molecule has 0 aromatic carbocycles. The van der Waals surface area contributed by atoms with Crippen molar-refractivity contribution in [1.29, 1.82) is 0 Å². The molecular weight excluding hydrogens is 352 g/mol. The smallest absolute Gasteiger partial charge is 0.305 e. The molecule has 0 atom stereocenters. The number of hydrogen-bond donors (Lipinski definition) is 2. The molecule has 0 saturated heterocycles. The van der Waals surface area contributed by atoms with Crippen molar-refractivity contribution in [3.8, 4) is 0 Å². The number of aryl methyl sites for hydroxylation is 2. The molecule has 8 heteroatoms. The van der Waals surface area contributed by atoms with Crippen LogP contribution in [0.1, 0.15) is 66.8 Å². The average molecular weight is 374 g/mol. The highest BCUT2D eigenvalue weighted by atomic mass is 16.5. The number of carbonyl (C=O) groups is 3. The fourth-order valence-electron chi connectivity index (χ4n) is 3.52. The van der Waals surface area contributed by atoms with E-state index < -0.39 is 5.97 Å². The normalized spacial score (nSPS) is 18.0. The zero-order valence-electron chi connectivity index (χ0n) is 15.0. The Kier molecular flexibility index (Phi) is 5.83. The second-order valence-corrected chi connectivity index (χ2v) is 6.77. The van der Waals surface area contributed by atoms with E-state index in [2.05, 4.69) is 10.1 Å². The molecule has 0 saturated carbocycles. The highest BCUT2D eigenvalue weighted by molar-refractivity contribution is 6.23. The molecule has 144 valence electrons. The molecule has 1 aromatic heterocycles. The Morgan fingerprint density at radius 1 is 1.07 bits per heavy atom. The molecule has 0 fully saturated rings. The summed E-state index contributed by atoms with van der Waals surface area (Å²) >= 11 is 0.